The molecule has 0 aliphatic carbocycles. The number of methoxy groups -OCH3 is 2. The Hall–Kier alpha value is -3.80. The quantitative estimate of drug-likeness (QED) is 0.109. The lowest BCUT2D eigenvalue weighted by atomic mass is 10.1. The number of anilines is 2. The van der Waals surface area contributed by atoms with E-state index in [0.29, 0.717) is 12.1 Å². The van der Waals surface area contributed by atoms with Gasteiger partial charge in [0.25, 0.3) is 0 Å². The lowest BCUT2D eigenvalue weighted by molar-refractivity contribution is -0.140. The van der Waals surface area contributed by atoms with Crippen LogP contribution in [0.5, 0.6) is 0 Å². The van der Waals surface area contributed by atoms with Crippen molar-refractivity contribution in [1.29, 1.82) is 0 Å². The van der Waals surface area contributed by atoms with E-state index in [1.165, 1.54) is 0 Å². The minimum absolute atomic E-state index is 0.226. The standard InChI is InChI=1S/C20H14F6N6O4S2/c1-35-17(33)15-29-7-3-5(19(21,22)23)13(9(27)11(7)31-15)37-38-14-6(20(24,25)26)4-8-12(10(14)28)32-16(30-8)18(34)36-2/h3-4H,27-28H2,1-2H3,(H,29,31)(H,30,32). The number of ether oxygens (including phenoxy) is 2. The minimum atomic E-state index is -4.98. The van der Waals surface area contributed by atoms with Crippen molar-refractivity contribution in [2.45, 2.75) is 22.1 Å². The van der Waals surface area contributed by atoms with E-state index in [9.17, 15) is 35.9 Å². The molecule has 0 atom stereocenters. The van der Waals surface area contributed by atoms with Crippen molar-refractivity contribution in [3.05, 3.63) is 34.9 Å². The van der Waals surface area contributed by atoms with Crippen LogP contribution in [0.2, 0.25) is 0 Å². The average molecular weight is 580 g/mol. The zero-order valence-electron chi connectivity index (χ0n) is 18.9. The van der Waals surface area contributed by atoms with E-state index in [4.69, 9.17) is 11.5 Å². The van der Waals surface area contributed by atoms with Gasteiger partial charge in [-0.05, 0) is 33.7 Å². The van der Waals surface area contributed by atoms with Crippen LogP contribution in [0, 0.1) is 0 Å². The van der Waals surface area contributed by atoms with Crippen molar-refractivity contribution < 1.29 is 45.4 Å². The smallest absolute Gasteiger partial charge is 0.417 e. The van der Waals surface area contributed by atoms with Gasteiger partial charge in [-0.2, -0.15) is 26.3 Å². The molecule has 4 aromatic rings. The van der Waals surface area contributed by atoms with Crippen molar-refractivity contribution in [3.8, 4) is 0 Å². The Morgan fingerprint density at radius 2 is 1.11 bits per heavy atom. The first-order valence-electron chi connectivity index (χ1n) is 9.97. The number of hydrogen-bond acceptors (Lipinski definition) is 10. The van der Waals surface area contributed by atoms with Crippen LogP contribution < -0.4 is 11.5 Å². The van der Waals surface area contributed by atoms with Gasteiger partial charge in [-0.25, -0.2) is 19.6 Å². The summed E-state index contributed by atoms with van der Waals surface area (Å²) in [6.07, 6.45) is -9.97. The van der Waals surface area contributed by atoms with Gasteiger partial charge in [0.2, 0.25) is 11.6 Å². The molecule has 18 heteroatoms. The Morgan fingerprint density at radius 3 is 1.39 bits per heavy atom. The fraction of sp³-hybridized carbons (Fsp3) is 0.200. The van der Waals surface area contributed by atoms with E-state index < -0.39 is 68.2 Å². The Kier molecular flexibility index (Phi) is 6.81. The van der Waals surface area contributed by atoms with Crippen molar-refractivity contribution in [1.82, 2.24) is 19.9 Å². The molecule has 38 heavy (non-hydrogen) atoms. The number of aromatic amines is 2. The second-order valence-corrected chi connectivity index (χ2v) is 9.59. The molecule has 2 aromatic carbocycles. The van der Waals surface area contributed by atoms with Gasteiger partial charge >= 0.3 is 24.3 Å². The molecule has 0 bridgehead atoms. The van der Waals surface area contributed by atoms with Crippen LogP contribution in [0.4, 0.5) is 37.7 Å². The van der Waals surface area contributed by atoms with E-state index in [1.807, 2.05) is 0 Å². The fourth-order valence-electron chi connectivity index (χ4n) is 3.39. The van der Waals surface area contributed by atoms with Crippen molar-refractivity contribution in [2.75, 3.05) is 25.7 Å². The molecule has 0 saturated carbocycles. The number of hydrogen-bond donors (Lipinski definition) is 4. The highest BCUT2D eigenvalue weighted by molar-refractivity contribution is 8.76. The molecule has 6 N–H and O–H groups in total. The normalized spacial score (nSPS) is 12.3. The van der Waals surface area contributed by atoms with Gasteiger partial charge < -0.3 is 30.9 Å². The summed E-state index contributed by atoms with van der Waals surface area (Å²) in [6.45, 7) is 0. The summed E-state index contributed by atoms with van der Waals surface area (Å²) in [5, 5.41) is 0. The lowest BCUT2D eigenvalue weighted by Crippen LogP contribution is -2.10. The second kappa shape index (κ2) is 9.50. The molecule has 0 aliphatic rings. The predicted molar refractivity (Wildman–Crippen MR) is 125 cm³/mol. The van der Waals surface area contributed by atoms with Crippen LogP contribution in [0.1, 0.15) is 32.4 Å². The third-order valence-corrected chi connectivity index (χ3v) is 7.65. The predicted octanol–water partition coefficient (Wildman–Crippen LogP) is 5.01. The number of carbonyl (C=O) groups is 2. The van der Waals surface area contributed by atoms with E-state index >= 15 is 0 Å². The molecule has 2 heterocycles. The van der Waals surface area contributed by atoms with E-state index in [0.717, 1.165) is 14.2 Å². The van der Waals surface area contributed by atoms with Crippen LogP contribution in [0.3, 0.4) is 0 Å². The number of halogens is 6. The molecule has 0 fully saturated rings. The molecule has 0 amide bonds. The molecule has 0 aliphatic heterocycles. The number of alkyl halides is 6. The first-order valence-corrected chi connectivity index (χ1v) is 12.1. The SMILES string of the molecule is COC(=O)c1nc2c(N)c(SSc3c(C(F)(F)F)cc4[nH]c(C(=O)OC)nc4c3N)c(C(F)(F)F)cc2[nH]1. The Bertz CT molecular complexity index is 1480. The van der Waals surface area contributed by atoms with E-state index in [1.54, 1.807) is 0 Å². The molecule has 0 spiro atoms. The largest absolute Gasteiger partial charge is 0.463 e. The summed E-state index contributed by atoms with van der Waals surface area (Å²) in [7, 11) is 2.57. The highest BCUT2D eigenvalue weighted by atomic mass is 33.1. The maximum atomic E-state index is 13.9. The maximum Gasteiger partial charge on any atom is 0.417 e. The van der Waals surface area contributed by atoms with Gasteiger partial charge in [0, 0.05) is 0 Å². The monoisotopic (exact) mass is 580 g/mol. The lowest BCUT2D eigenvalue weighted by Gasteiger charge is -2.17. The highest BCUT2D eigenvalue weighted by Gasteiger charge is 2.39. The topological polar surface area (TPSA) is 162 Å². The van der Waals surface area contributed by atoms with Gasteiger partial charge in [-0.15, -0.1) is 0 Å². The van der Waals surface area contributed by atoms with E-state index in [-0.39, 0.29) is 43.7 Å². The summed E-state index contributed by atoms with van der Waals surface area (Å²) in [5.41, 5.74) is 7.30. The van der Waals surface area contributed by atoms with Crippen LogP contribution >= 0.6 is 21.6 Å². The molecule has 202 valence electrons. The highest BCUT2D eigenvalue weighted by Crippen LogP contribution is 2.53. The second-order valence-electron chi connectivity index (χ2n) is 7.44. The third-order valence-electron chi connectivity index (χ3n) is 5.11. The first kappa shape index (κ1) is 27.2. The molecule has 10 nitrogen and oxygen atoms in total. The molecule has 2 aromatic heterocycles. The number of benzene rings is 2. The summed E-state index contributed by atoms with van der Waals surface area (Å²) in [6, 6.07) is 1.25. The van der Waals surface area contributed by atoms with Gasteiger partial charge in [0.1, 0.15) is 11.0 Å². The number of H-pyrrole nitrogens is 2. The van der Waals surface area contributed by atoms with Gasteiger partial charge in [-0.3, -0.25) is 0 Å². The minimum Gasteiger partial charge on any atom is -0.463 e. The summed E-state index contributed by atoms with van der Waals surface area (Å²) < 4.78 is 92.5. The van der Waals surface area contributed by atoms with Crippen molar-refractivity contribution in [2.24, 2.45) is 0 Å². The first-order chi connectivity index (χ1) is 17.7. The van der Waals surface area contributed by atoms with Crippen LogP contribution in [0.15, 0.2) is 21.9 Å². The van der Waals surface area contributed by atoms with Gasteiger partial charge in [0.05, 0.1) is 57.5 Å². The number of nitrogens with one attached hydrogen (secondary N) is 2. The summed E-state index contributed by atoms with van der Waals surface area (Å²) >= 11 is 0. The van der Waals surface area contributed by atoms with Crippen LogP contribution in [0.25, 0.3) is 22.1 Å². The summed E-state index contributed by atoms with van der Waals surface area (Å²) in [4.78, 5) is 34.7. The van der Waals surface area contributed by atoms with Crippen molar-refractivity contribution in [3.63, 3.8) is 0 Å². The molecule has 0 radical (unpaired) electrons. The number of aromatic nitrogens is 4. The number of imidazole rings is 2. The Labute approximate surface area is 215 Å². The van der Waals surface area contributed by atoms with Crippen LogP contribution in [-0.4, -0.2) is 46.1 Å². The number of nitrogens with zero attached hydrogens (tertiary/aromatic N) is 2. The maximum absolute atomic E-state index is 13.9. The molecule has 0 saturated heterocycles. The fourth-order valence-corrected chi connectivity index (χ4v) is 6.03. The molecule has 4 rings (SSSR count). The number of rotatable bonds is 5. The Balaban J connectivity index is 1.86. The number of nitrogens with two attached hydrogens (primary N) is 2. The number of nitrogen functional groups attached to an aromatic ring is 2. The van der Waals surface area contributed by atoms with Crippen LogP contribution in [-0.2, 0) is 21.8 Å². The Morgan fingerprint density at radius 1 is 0.763 bits per heavy atom. The van der Waals surface area contributed by atoms with E-state index in [2.05, 4.69) is 29.4 Å². The summed E-state index contributed by atoms with van der Waals surface area (Å²) in [5.74, 6) is -2.80. The van der Waals surface area contributed by atoms with Gasteiger partial charge in [0.15, 0.2) is 0 Å². The van der Waals surface area contributed by atoms with Gasteiger partial charge in [-0.1, -0.05) is 0 Å². The average Bonchev–Trinajstić information content (AvgIpc) is 3.47. The molecular formula is C20H14F6N6O4S2. The molecule has 0 unspecified atom stereocenters. The molecular weight excluding hydrogens is 566 g/mol. The van der Waals surface area contributed by atoms with Crippen molar-refractivity contribution >= 4 is 67.0 Å². The zero-order valence-corrected chi connectivity index (χ0v) is 20.6. The zero-order chi connectivity index (χ0) is 28.2. The number of esters is 2. The number of fused-ring (bicyclic) bond motifs is 2. The third kappa shape index (κ3) is 4.75. The number of carbonyl (C=O) groups excluding carboxylic acids is 2.